The molecule has 0 bridgehead atoms. The molecule has 0 saturated heterocycles. The van der Waals surface area contributed by atoms with Crippen molar-refractivity contribution in [3.8, 4) is 0 Å². The van der Waals surface area contributed by atoms with Gasteiger partial charge in [0.25, 0.3) is 0 Å². The molecule has 1 saturated carbocycles. The SMILES string of the molecule is CC(CNC1CC1)Cc1ccc(Cl)cc1. The molecular formula is C13H18ClN. The van der Waals surface area contributed by atoms with E-state index in [1.165, 1.54) is 18.4 Å². The first kappa shape index (κ1) is 11.0. The van der Waals surface area contributed by atoms with Gasteiger partial charge in [0.1, 0.15) is 0 Å². The first-order valence-corrected chi connectivity index (χ1v) is 6.09. The van der Waals surface area contributed by atoms with Crippen molar-refractivity contribution in [2.45, 2.75) is 32.2 Å². The third kappa shape index (κ3) is 3.84. The monoisotopic (exact) mass is 223 g/mol. The predicted octanol–water partition coefficient (Wildman–Crippen LogP) is 3.27. The Kier molecular flexibility index (Phi) is 3.66. The van der Waals surface area contributed by atoms with Gasteiger partial charge in [-0.15, -0.1) is 0 Å². The van der Waals surface area contributed by atoms with Gasteiger partial charge < -0.3 is 5.32 Å². The highest BCUT2D eigenvalue weighted by atomic mass is 35.5. The topological polar surface area (TPSA) is 12.0 Å². The molecule has 1 aromatic rings. The molecule has 1 atom stereocenters. The molecule has 1 unspecified atom stereocenters. The predicted molar refractivity (Wildman–Crippen MR) is 65.3 cm³/mol. The molecule has 82 valence electrons. The van der Waals surface area contributed by atoms with E-state index in [0.717, 1.165) is 24.0 Å². The molecule has 2 heteroatoms. The van der Waals surface area contributed by atoms with Gasteiger partial charge in [-0.1, -0.05) is 30.7 Å². The van der Waals surface area contributed by atoms with Crippen LogP contribution in [0.3, 0.4) is 0 Å². The maximum atomic E-state index is 5.85. The molecule has 0 spiro atoms. The van der Waals surface area contributed by atoms with Crippen LogP contribution < -0.4 is 5.32 Å². The Morgan fingerprint density at radius 3 is 2.60 bits per heavy atom. The Hall–Kier alpha value is -0.530. The first-order valence-electron chi connectivity index (χ1n) is 5.72. The molecule has 15 heavy (non-hydrogen) atoms. The minimum absolute atomic E-state index is 0.701. The van der Waals surface area contributed by atoms with Gasteiger partial charge in [0.2, 0.25) is 0 Å². The minimum Gasteiger partial charge on any atom is -0.314 e. The van der Waals surface area contributed by atoms with E-state index in [4.69, 9.17) is 11.6 Å². The van der Waals surface area contributed by atoms with Crippen LogP contribution in [-0.4, -0.2) is 12.6 Å². The van der Waals surface area contributed by atoms with Crippen molar-refractivity contribution >= 4 is 11.6 Å². The molecule has 0 aliphatic heterocycles. The Bertz CT molecular complexity index is 303. The van der Waals surface area contributed by atoms with Crippen LogP contribution in [0.2, 0.25) is 5.02 Å². The summed E-state index contributed by atoms with van der Waals surface area (Å²) in [5.41, 5.74) is 1.38. The second-order valence-electron chi connectivity index (χ2n) is 4.62. The largest absolute Gasteiger partial charge is 0.314 e. The van der Waals surface area contributed by atoms with Gasteiger partial charge in [0, 0.05) is 11.1 Å². The lowest BCUT2D eigenvalue weighted by Gasteiger charge is -2.12. The summed E-state index contributed by atoms with van der Waals surface area (Å²) in [5, 5.41) is 4.38. The Morgan fingerprint density at radius 1 is 1.33 bits per heavy atom. The summed E-state index contributed by atoms with van der Waals surface area (Å²) >= 11 is 5.85. The third-order valence-corrected chi connectivity index (χ3v) is 3.08. The molecule has 1 nitrogen and oxygen atoms in total. The lowest BCUT2D eigenvalue weighted by Crippen LogP contribution is -2.24. The fourth-order valence-electron chi connectivity index (χ4n) is 1.75. The fourth-order valence-corrected chi connectivity index (χ4v) is 1.88. The van der Waals surface area contributed by atoms with Crippen LogP contribution >= 0.6 is 11.6 Å². The third-order valence-electron chi connectivity index (χ3n) is 2.83. The van der Waals surface area contributed by atoms with E-state index in [-0.39, 0.29) is 0 Å². The number of halogens is 1. The molecule has 0 heterocycles. The van der Waals surface area contributed by atoms with E-state index in [2.05, 4.69) is 24.4 Å². The standard InChI is InChI=1S/C13H18ClN/c1-10(9-15-13-6-7-13)8-11-2-4-12(14)5-3-11/h2-5,10,13,15H,6-9H2,1H3. The second kappa shape index (κ2) is 5.00. The summed E-state index contributed by atoms with van der Waals surface area (Å²) in [6.45, 7) is 3.43. The molecule has 1 aliphatic rings. The average Bonchev–Trinajstić information content (AvgIpc) is 3.02. The summed E-state index contributed by atoms with van der Waals surface area (Å²) < 4.78 is 0. The van der Waals surface area contributed by atoms with E-state index in [1.54, 1.807) is 0 Å². The van der Waals surface area contributed by atoms with Gasteiger partial charge in [-0.05, 0) is 49.4 Å². The number of hydrogen-bond donors (Lipinski definition) is 1. The molecule has 1 aromatic carbocycles. The Balaban J connectivity index is 1.76. The molecule has 1 N–H and O–H groups in total. The zero-order chi connectivity index (χ0) is 10.7. The fraction of sp³-hybridized carbons (Fsp3) is 0.538. The van der Waals surface area contributed by atoms with Crippen molar-refractivity contribution < 1.29 is 0 Å². The quantitative estimate of drug-likeness (QED) is 0.808. The van der Waals surface area contributed by atoms with Crippen LogP contribution in [0.4, 0.5) is 0 Å². The zero-order valence-electron chi connectivity index (χ0n) is 9.17. The zero-order valence-corrected chi connectivity index (χ0v) is 9.93. The maximum Gasteiger partial charge on any atom is 0.0406 e. The summed E-state index contributed by atoms with van der Waals surface area (Å²) in [6.07, 6.45) is 3.87. The van der Waals surface area contributed by atoms with Crippen LogP contribution in [0.25, 0.3) is 0 Å². The van der Waals surface area contributed by atoms with Gasteiger partial charge in [-0.2, -0.15) is 0 Å². The first-order chi connectivity index (χ1) is 7.24. The highest BCUT2D eigenvalue weighted by Crippen LogP contribution is 2.19. The molecule has 1 fully saturated rings. The van der Waals surface area contributed by atoms with Crippen molar-refractivity contribution in [2.75, 3.05) is 6.54 Å². The molecule has 1 aliphatic carbocycles. The average molecular weight is 224 g/mol. The van der Waals surface area contributed by atoms with E-state index in [1.807, 2.05) is 12.1 Å². The van der Waals surface area contributed by atoms with Gasteiger partial charge in [0.15, 0.2) is 0 Å². The van der Waals surface area contributed by atoms with E-state index >= 15 is 0 Å². The van der Waals surface area contributed by atoms with Crippen molar-refractivity contribution in [3.05, 3.63) is 34.9 Å². The van der Waals surface area contributed by atoms with Crippen molar-refractivity contribution in [1.29, 1.82) is 0 Å². The summed E-state index contributed by atoms with van der Waals surface area (Å²) in [4.78, 5) is 0. The van der Waals surface area contributed by atoms with Crippen LogP contribution in [0.15, 0.2) is 24.3 Å². The number of rotatable bonds is 5. The van der Waals surface area contributed by atoms with E-state index in [0.29, 0.717) is 5.92 Å². The van der Waals surface area contributed by atoms with E-state index in [9.17, 15) is 0 Å². The Labute approximate surface area is 96.8 Å². The lowest BCUT2D eigenvalue weighted by molar-refractivity contribution is 0.509. The molecule has 0 radical (unpaired) electrons. The van der Waals surface area contributed by atoms with Gasteiger partial charge >= 0.3 is 0 Å². The van der Waals surface area contributed by atoms with Crippen LogP contribution in [0.1, 0.15) is 25.3 Å². The minimum atomic E-state index is 0.701. The van der Waals surface area contributed by atoms with Gasteiger partial charge in [-0.3, -0.25) is 0 Å². The van der Waals surface area contributed by atoms with Gasteiger partial charge in [-0.25, -0.2) is 0 Å². The molecular weight excluding hydrogens is 206 g/mol. The number of hydrogen-bond acceptors (Lipinski definition) is 1. The summed E-state index contributed by atoms with van der Waals surface area (Å²) in [6, 6.07) is 9.00. The molecule has 2 rings (SSSR count). The van der Waals surface area contributed by atoms with Gasteiger partial charge in [0.05, 0.1) is 0 Å². The maximum absolute atomic E-state index is 5.85. The summed E-state index contributed by atoms with van der Waals surface area (Å²) in [5.74, 6) is 0.701. The summed E-state index contributed by atoms with van der Waals surface area (Å²) in [7, 11) is 0. The highest BCUT2D eigenvalue weighted by Gasteiger charge is 2.20. The van der Waals surface area contributed by atoms with Crippen LogP contribution in [0, 0.1) is 5.92 Å². The molecule has 0 amide bonds. The number of benzene rings is 1. The van der Waals surface area contributed by atoms with Crippen molar-refractivity contribution in [2.24, 2.45) is 5.92 Å². The Morgan fingerprint density at radius 2 is 2.00 bits per heavy atom. The normalized spacial score (nSPS) is 17.7. The smallest absolute Gasteiger partial charge is 0.0406 e. The molecule has 0 aromatic heterocycles. The second-order valence-corrected chi connectivity index (χ2v) is 5.05. The van der Waals surface area contributed by atoms with E-state index < -0.39 is 0 Å². The van der Waals surface area contributed by atoms with Crippen LogP contribution in [-0.2, 0) is 6.42 Å². The lowest BCUT2D eigenvalue weighted by atomic mass is 10.0. The highest BCUT2D eigenvalue weighted by molar-refractivity contribution is 6.30. The number of nitrogens with one attached hydrogen (secondary N) is 1. The van der Waals surface area contributed by atoms with Crippen molar-refractivity contribution in [1.82, 2.24) is 5.32 Å². The van der Waals surface area contributed by atoms with Crippen LogP contribution in [0.5, 0.6) is 0 Å². The van der Waals surface area contributed by atoms with Crippen molar-refractivity contribution in [3.63, 3.8) is 0 Å².